The molecule has 2 rings (SSSR count). The van der Waals surface area contributed by atoms with Gasteiger partial charge in [0.2, 0.25) is 0 Å². The highest BCUT2D eigenvalue weighted by Crippen LogP contribution is 2.29. The normalized spacial score (nSPS) is 19.3. The molecule has 0 N–H and O–H groups in total. The van der Waals surface area contributed by atoms with Gasteiger partial charge in [-0.1, -0.05) is 13.8 Å². The lowest BCUT2D eigenvalue weighted by molar-refractivity contribution is 0.0926. The van der Waals surface area contributed by atoms with E-state index in [1.54, 1.807) is 12.1 Å². The van der Waals surface area contributed by atoms with Crippen molar-refractivity contribution in [2.75, 3.05) is 19.6 Å². The van der Waals surface area contributed by atoms with Crippen LogP contribution in [0.1, 0.15) is 43.5 Å². The van der Waals surface area contributed by atoms with Crippen LogP contribution in [0.15, 0.2) is 24.3 Å². The molecular formula is C16H22FNO. The molecule has 1 aliphatic rings. The molecule has 0 bridgehead atoms. The summed E-state index contributed by atoms with van der Waals surface area (Å²) in [5.74, 6) is -0.195. The summed E-state index contributed by atoms with van der Waals surface area (Å²) in [6, 6.07) is 5.82. The summed E-state index contributed by atoms with van der Waals surface area (Å²) in [5, 5.41) is 0. The largest absolute Gasteiger partial charge is 0.303 e. The number of nitrogens with zero attached hydrogens (tertiary/aromatic N) is 1. The Bertz CT molecular complexity index is 429. The second kappa shape index (κ2) is 5.83. The number of ketones is 1. The van der Waals surface area contributed by atoms with Crippen LogP contribution in [0, 0.1) is 11.2 Å². The van der Waals surface area contributed by atoms with Gasteiger partial charge in [-0.3, -0.25) is 4.79 Å². The Morgan fingerprint density at radius 1 is 1.21 bits per heavy atom. The Morgan fingerprint density at radius 2 is 1.79 bits per heavy atom. The maximum atomic E-state index is 12.8. The lowest BCUT2D eigenvalue weighted by Crippen LogP contribution is -2.38. The third-order valence-electron chi connectivity index (χ3n) is 4.03. The summed E-state index contributed by atoms with van der Waals surface area (Å²) < 4.78 is 12.8. The van der Waals surface area contributed by atoms with Gasteiger partial charge in [-0.25, -0.2) is 4.39 Å². The summed E-state index contributed by atoms with van der Waals surface area (Å²) in [5.41, 5.74) is 1.05. The zero-order valence-electron chi connectivity index (χ0n) is 11.8. The van der Waals surface area contributed by atoms with Crippen molar-refractivity contribution in [1.29, 1.82) is 0 Å². The van der Waals surface area contributed by atoms with Crippen molar-refractivity contribution in [3.63, 3.8) is 0 Å². The molecule has 0 spiro atoms. The lowest BCUT2D eigenvalue weighted by Gasteiger charge is -2.36. The summed E-state index contributed by atoms with van der Waals surface area (Å²) in [7, 11) is 0. The highest BCUT2D eigenvalue weighted by molar-refractivity contribution is 5.96. The first-order valence-corrected chi connectivity index (χ1v) is 6.97. The van der Waals surface area contributed by atoms with Crippen molar-refractivity contribution < 1.29 is 9.18 Å². The molecule has 1 aliphatic heterocycles. The van der Waals surface area contributed by atoms with Crippen LogP contribution in [0.4, 0.5) is 4.39 Å². The van der Waals surface area contributed by atoms with Crippen LogP contribution in [-0.4, -0.2) is 30.3 Å². The monoisotopic (exact) mass is 263 g/mol. The highest BCUT2D eigenvalue weighted by atomic mass is 19.1. The molecule has 3 heteroatoms. The highest BCUT2D eigenvalue weighted by Gasteiger charge is 2.25. The molecule has 0 aromatic heterocycles. The molecule has 0 unspecified atom stereocenters. The number of benzene rings is 1. The predicted octanol–water partition coefficient (Wildman–Crippen LogP) is 3.52. The first-order chi connectivity index (χ1) is 8.96. The average molecular weight is 263 g/mol. The van der Waals surface area contributed by atoms with E-state index in [9.17, 15) is 9.18 Å². The quantitative estimate of drug-likeness (QED) is 0.775. The molecule has 0 atom stereocenters. The van der Waals surface area contributed by atoms with Gasteiger partial charge in [0, 0.05) is 18.5 Å². The van der Waals surface area contributed by atoms with Gasteiger partial charge in [0.25, 0.3) is 0 Å². The second-order valence-electron chi connectivity index (χ2n) is 6.19. The minimum absolute atomic E-state index is 0.102. The second-order valence-corrected chi connectivity index (χ2v) is 6.19. The standard InChI is InChI=1S/C16H22FNO/c1-16(2)8-11-18(12-9-16)10-7-15(19)13-3-5-14(17)6-4-13/h3-6H,7-12H2,1-2H3. The molecule has 0 aliphatic carbocycles. The van der Waals surface area contributed by atoms with Crippen molar-refractivity contribution in [3.8, 4) is 0 Å². The van der Waals surface area contributed by atoms with E-state index >= 15 is 0 Å². The van der Waals surface area contributed by atoms with Crippen molar-refractivity contribution in [2.45, 2.75) is 33.1 Å². The molecule has 0 radical (unpaired) electrons. The first-order valence-electron chi connectivity index (χ1n) is 6.97. The molecule has 1 fully saturated rings. The Kier molecular flexibility index (Phi) is 4.35. The Morgan fingerprint density at radius 3 is 2.37 bits per heavy atom. The molecule has 1 aromatic rings. The van der Waals surface area contributed by atoms with E-state index in [2.05, 4.69) is 18.7 Å². The molecular weight excluding hydrogens is 241 g/mol. The van der Waals surface area contributed by atoms with Crippen molar-refractivity contribution in [1.82, 2.24) is 4.90 Å². The number of hydrogen-bond acceptors (Lipinski definition) is 2. The predicted molar refractivity (Wildman–Crippen MR) is 74.8 cm³/mol. The topological polar surface area (TPSA) is 20.3 Å². The number of piperidine rings is 1. The van der Waals surface area contributed by atoms with Crippen LogP contribution >= 0.6 is 0 Å². The van der Waals surface area contributed by atoms with E-state index in [0.717, 1.165) is 19.6 Å². The minimum atomic E-state index is -0.296. The Labute approximate surface area is 114 Å². The van der Waals surface area contributed by atoms with Crippen molar-refractivity contribution in [2.24, 2.45) is 5.41 Å². The fourth-order valence-electron chi connectivity index (χ4n) is 2.42. The molecule has 19 heavy (non-hydrogen) atoms. The van der Waals surface area contributed by atoms with E-state index < -0.39 is 0 Å². The zero-order valence-corrected chi connectivity index (χ0v) is 11.8. The molecule has 104 valence electrons. The number of halogens is 1. The van der Waals surface area contributed by atoms with E-state index in [4.69, 9.17) is 0 Å². The van der Waals surface area contributed by atoms with E-state index in [-0.39, 0.29) is 11.6 Å². The molecule has 0 amide bonds. The van der Waals surface area contributed by atoms with Crippen LogP contribution in [0.5, 0.6) is 0 Å². The van der Waals surface area contributed by atoms with Crippen molar-refractivity contribution in [3.05, 3.63) is 35.6 Å². The SMILES string of the molecule is CC1(C)CCN(CCC(=O)c2ccc(F)cc2)CC1. The molecule has 1 saturated heterocycles. The zero-order chi connectivity index (χ0) is 13.9. The third kappa shape index (κ3) is 4.13. The van der Waals surface area contributed by atoms with Gasteiger partial charge in [-0.05, 0) is 55.6 Å². The number of carbonyl (C=O) groups excluding carboxylic acids is 1. The maximum absolute atomic E-state index is 12.8. The van der Waals surface area contributed by atoms with E-state index in [0.29, 0.717) is 17.4 Å². The maximum Gasteiger partial charge on any atom is 0.164 e. The summed E-state index contributed by atoms with van der Waals surface area (Å²) in [6.07, 6.45) is 2.90. The van der Waals surface area contributed by atoms with Crippen LogP contribution in [0.25, 0.3) is 0 Å². The van der Waals surface area contributed by atoms with Crippen LogP contribution in [0.2, 0.25) is 0 Å². The molecule has 0 saturated carbocycles. The van der Waals surface area contributed by atoms with Gasteiger partial charge in [-0.2, -0.15) is 0 Å². The number of likely N-dealkylation sites (tertiary alicyclic amines) is 1. The molecule has 2 nitrogen and oxygen atoms in total. The van der Waals surface area contributed by atoms with Crippen molar-refractivity contribution >= 4 is 5.78 Å². The third-order valence-corrected chi connectivity index (χ3v) is 4.03. The van der Waals surface area contributed by atoms with Gasteiger partial charge < -0.3 is 4.90 Å². The fraction of sp³-hybridized carbons (Fsp3) is 0.562. The smallest absolute Gasteiger partial charge is 0.164 e. The number of Topliss-reactive ketones (excluding diaryl/α,β-unsaturated/α-hetero) is 1. The number of rotatable bonds is 4. The fourth-order valence-corrected chi connectivity index (χ4v) is 2.42. The number of hydrogen-bond donors (Lipinski definition) is 0. The van der Waals surface area contributed by atoms with E-state index in [1.807, 2.05) is 0 Å². The number of carbonyl (C=O) groups is 1. The minimum Gasteiger partial charge on any atom is -0.303 e. The summed E-state index contributed by atoms with van der Waals surface area (Å²) in [4.78, 5) is 14.3. The van der Waals surface area contributed by atoms with E-state index in [1.165, 1.54) is 25.0 Å². The molecule has 1 aromatic carbocycles. The Balaban J connectivity index is 1.80. The van der Waals surface area contributed by atoms with Gasteiger partial charge in [0.1, 0.15) is 5.82 Å². The van der Waals surface area contributed by atoms with Gasteiger partial charge in [0.05, 0.1) is 0 Å². The summed E-state index contributed by atoms with van der Waals surface area (Å²) in [6.45, 7) is 7.56. The van der Waals surface area contributed by atoms with Gasteiger partial charge in [-0.15, -0.1) is 0 Å². The van der Waals surface area contributed by atoms with Crippen LogP contribution < -0.4 is 0 Å². The Hall–Kier alpha value is -1.22. The van der Waals surface area contributed by atoms with Gasteiger partial charge >= 0.3 is 0 Å². The van der Waals surface area contributed by atoms with Crippen LogP contribution in [-0.2, 0) is 0 Å². The molecule has 1 heterocycles. The lowest BCUT2D eigenvalue weighted by atomic mass is 9.82. The first kappa shape index (κ1) is 14.2. The van der Waals surface area contributed by atoms with Crippen LogP contribution in [0.3, 0.4) is 0 Å². The van der Waals surface area contributed by atoms with Gasteiger partial charge in [0.15, 0.2) is 5.78 Å². The average Bonchev–Trinajstić information content (AvgIpc) is 2.38. The summed E-state index contributed by atoms with van der Waals surface area (Å²) >= 11 is 0.